The average Bonchev–Trinajstić information content (AvgIpc) is 2.51. The standard InChI is InChI=1S/C20H29NO2/c1-20(2,3)23-19(22)21-15-13-18(14-16-21)12-8-7-11-17-9-5-4-6-10-17/h4-6,9-10,12H,7-8,11,13-16H2,1-3H3. The molecule has 1 aliphatic rings. The summed E-state index contributed by atoms with van der Waals surface area (Å²) in [6.07, 6.45) is 7.58. The molecule has 0 atom stereocenters. The van der Waals surface area contributed by atoms with E-state index in [1.54, 1.807) is 0 Å². The van der Waals surface area contributed by atoms with Crippen molar-refractivity contribution in [3.8, 4) is 0 Å². The first-order valence-electron chi connectivity index (χ1n) is 8.64. The maximum absolute atomic E-state index is 12.0. The molecule has 126 valence electrons. The fourth-order valence-electron chi connectivity index (χ4n) is 2.76. The van der Waals surface area contributed by atoms with Gasteiger partial charge in [0.1, 0.15) is 5.60 Å². The number of allylic oxidation sites excluding steroid dienone is 1. The normalized spacial score (nSPS) is 15.4. The molecule has 1 saturated heterocycles. The Bertz CT molecular complexity index is 518. The average molecular weight is 315 g/mol. The molecule has 23 heavy (non-hydrogen) atoms. The third-order valence-corrected chi connectivity index (χ3v) is 4.00. The summed E-state index contributed by atoms with van der Waals surface area (Å²) < 4.78 is 5.43. The highest BCUT2D eigenvalue weighted by Gasteiger charge is 2.24. The maximum atomic E-state index is 12.0. The van der Waals surface area contributed by atoms with Gasteiger partial charge in [-0.3, -0.25) is 0 Å². The SMILES string of the molecule is CC(C)(C)OC(=O)N1CCC(=CCCCc2ccccc2)CC1. The van der Waals surface area contributed by atoms with Crippen molar-refractivity contribution in [1.29, 1.82) is 0 Å². The van der Waals surface area contributed by atoms with E-state index in [1.165, 1.54) is 17.6 Å². The molecule has 0 aromatic heterocycles. The summed E-state index contributed by atoms with van der Waals surface area (Å²) in [4.78, 5) is 13.8. The smallest absolute Gasteiger partial charge is 0.410 e. The monoisotopic (exact) mass is 315 g/mol. The zero-order valence-corrected chi connectivity index (χ0v) is 14.7. The quantitative estimate of drug-likeness (QED) is 0.580. The van der Waals surface area contributed by atoms with Crippen molar-refractivity contribution >= 4 is 6.09 Å². The summed E-state index contributed by atoms with van der Waals surface area (Å²) in [7, 11) is 0. The summed E-state index contributed by atoms with van der Waals surface area (Å²) in [5.41, 5.74) is 2.48. The molecule has 1 amide bonds. The molecule has 3 nitrogen and oxygen atoms in total. The second kappa shape index (κ2) is 8.19. The highest BCUT2D eigenvalue weighted by molar-refractivity contribution is 5.68. The summed E-state index contributed by atoms with van der Waals surface area (Å²) in [6, 6.07) is 10.6. The van der Waals surface area contributed by atoms with Crippen LogP contribution in [0, 0.1) is 0 Å². The fourth-order valence-corrected chi connectivity index (χ4v) is 2.76. The topological polar surface area (TPSA) is 29.5 Å². The number of hydrogen-bond donors (Lipinski definition) is 0. The van der Waals surface area contributed by atoms with Crippen molar-refractivity contribution < 1.29 is 9.53 Å². The molecule has 0 bridgehead atoms. The highest BCUT2D eigenvalue weighted by Crippen LogP contribution is 2.20. The fraction of sp³-hybridized carbons (Fsp3) is 0.550. The van der Waals surface area contributed by atoms with E-state index in [9.17, 15) is 4.79 Å². The van der Waals surface area contributed by atoms with Crippen LogP contribution in [0.2, 0.25) is 0 Å². The minimum absolute atomic E-state index is 0.180. The van der Waals surface area contributed by atoms with Gasteiger partial charge in [0.05, 0.1) is 0 Å². The zero-order valence-electron chi connectivity index (χ0n) is 14.7. The number of ether oxygens (including phenoxy) is 1. The van der Waals surface area contributed by atoms with Crippen LogP contribution >= 0.6 is 0 Å². The van der Waals surface area contributed by atoms with E-state index < -0.39 is 5.60 Å². The Kier molecular flexibility index (Phi) is 6.26. The third-order valence-electron chi connectivity index (χ3n) is 4.00. The van der Waals surface area contributed by atoms with Crippen LogP contribution in [0.5, 0.6) is 0 Å². The first kappa shape index (κ1) is 17.6. The van der Waals surface area contributed by atoms with Gasteiger partial charge in [-0.25, -0.2) is 4.79 Å². The highest BCUT2D eigenvalue weighted by atomic mass is 16.6. The van der Waals surface area contributed by atoms with Gasteiger partial charge in [-0.2, -0.15) is 0 Å². The first-order chi connectivity index (χ1) is 10.9. The van der Waals surface area contributed by atoms with Crippen molar-refractivity contribution in [2.24, 2.45) is 0 Å². The zero-order chi connectivity index (χ0) is 16.7. The number of carbonyl (C=O) groups excluding carboxylic acids is 1. The van der Waals surface area contributed by atoms with Crippen LogP contribution in [-0.2, 0) is 11.2 Å². The van der Waals surface area contributed by atoms with Crippen LogP contribution in [0.4, 0.5) is 4.79 Å². The molecule has 1 aromatic rings. The number of amides is 1. The van der Waals surface area contributed by atoms with Gasteiger partial charge in [0.25, 0.3) is 0 Å². The van der Waals surface area contributed by atoms with Crippen molar-refractivity contribution in [3.63, 3.8) is 0 Å². The van der Waals surface area contributed by atoms with Crippen LogP contribution in [0.15, 0.2) is 42.0 Å². The number of likely N-dealkylation sites (tertiary alicyclic amines) is 1. The third kappa shape index (κ3) is 6.47. The van der Waals surface area contributed by atoms with E-state index in [4.69, 9.17) is 4.74 Å². The largest absolute Gasteiger partial charge is 0.444 e. The summed E-state index contributed by atoms with van der Waals surface area (Å²) in [5, 5.41) is 0. The van der Waals surface area contributed by atoms with E-state index in [0.717, 1.165) is 38.8 Å². The maximum Gasteiger partial charge on any atom is 0.410 e. The van der Waals surface area contributed by atoms with Gasteiger partial charge in [0.2, 0.25) is 0 Å². The van der Waals surface area contributed by atoms with E-state index in [-0.39, 0.29) is 6.09 Å². The van der Waals surface area contributed by atoms with Crippen molar-refractivity contribution in [2.75, 3.05) is 13.1 Å². The van der Waals surface area contributed by atoms with E-state index in [1.807, 2.05) is 25.7 Å². The molecule has 1 aromatic carbocycles. The second-order valence-corrected chi connectivity index (χ2v) is 7.21. The Labute approximate surface area is 140 Å². The molecule has 0 N–H and O–H groups in total. The number of nitrogens with zero attached hydrogens (tertiary/aromatic N) is 1. The molecule has 0 aliphatic carbocycles. The molecule has 0 spiro atoms. The lowest BCUT2D eigenvalue weighted by Gasteiger charge is -2.31. The Hall–Kier alpha value is -1.77. The molecule has 1 aliphatic heterocycles. The van der Waals surface area contributed by atoms with Gasteiger partial charge < -0.3 is 9.64 Å². The first-order valence-corrected chi connectivity index (χ1v) is 8.64. The van der Waals surface area contributed by atoms with Crippen LogP contribution in [0.3, 0.4) is 0 Å². The van der Waals surface area contributed by atoms with E-state index in [2.05, 4.69) is 36.4 Å². The number of hydrogen-bond acceptors (Lipinski definition) is 2. The minimum atomic E-state index is -0.412. The molecular weight excluding hydrogens is 286 g/mol. The lowest BCUT2D eigenvalue weighted by atomic mass is 10.0. The number of unbranched alkanes of at least 4 members (excludes halogenated alkanes) is 1. The summed E-state index contributed by atoms with van der Waals surface area (Å²) in [5.74, 6) is 0. The molecule has 1 heterocycles. The van der Waals surface area contributed by atoms with Crippen LogP contribution in [-0.4, -0.2) is 29.7 Å². The van der Waals surface area contributed by atoms with Gasteiger partial charge in [-0.15, -0.1) is 0 Å². The van der Waals surface area contributed by atoms with Crippen molar-refractivity contribution in [3.05, 3.63) is 47.5 Å². The lowest BCUT2D eigenvalue weighted by molar-refractivity contribution is 0.0236. The van der Waals surface area contributed by atoms with Gasteiger partial charge in [-0.1, -0.05) is 42.0 Å². The van der Waals surface area contributed by atoms with Crippen molar-refractivity contribution in [2.45, 2.75) is 58.5 Å². The Morgan fingerprint density at radius 2 is 1.83 bits per heavy atom. The molecule has 3 heteroatoms. The van der Waals surface area contributed by atoms with E-state index >= 15 is 0 Å². The second-order valence-electron chi connectivity index (χ2n) is 7.21. The lowest BCUT2D eigenvalue weighted by Crippen LogP contribution is -2.40. The summed E-state index contributed by atoms with van der Waals surface area (Å²) >= 11 is 0. The molecular formula is C20H29NO2. The van der Waals surface area contributed by atoms with Gasteiger partial charge in [0, 0.05) is 13.1 Å². The predicted molar refractivity (Wildman–Crippen MR) is 94.5 cm³/mol. The Morgan fingerprint density at radius 3 is 2.43 bits per heavy atom. The van der Waals surface area contributed by atoms with Crippen molar-refractivity contribution in [1.82, 2.24) is 4.90 Å². The molecule has 1 fully saturated rings. The molecule has 0 saturated carbocycles. The van der Waals surface area contributed by atoms with Crippen LogP contribution in [0.25, 0.3) is 0 Å². The minimum Gasteiger partial charge on any atom is -0.444 e. The number of benzene rings is 1. The van der Waals surface area contributed by atoms with Gasteiger partial charge in [-0.05, 0) is 58.4 Å². The Balaban J connectivity index is 1.68. The molecule has 0 radical (unpaired) electrons. The van der Waals surface area contributed by atoms with Crippen LogP contribution in [0.1, 0.15) is 52.0 Å². The van der Waals surface area contributed by atoms with Gasteiger partial charge >= 0.3 is 6.09 Å². The Morgan fingerprint density at radius 1 is 1.17 bits per heavy atom. The predicted octanol–water partition coefficient (Wildman–Crippen LogP) is 4.97. The number of rotatable bonds is 4. The molecule has 0 unspecified atom stereocenters. The van der Waals surface area contributed by atoms with Crippen LogP contribution < -0.4 is 0 Å². The number of piperidine rings is 1. The van der Waals surface area contributed by atoms with Gasteiger partial charge in [0.15, 0.2) is 0 Å². The number of carbonyl (C=O) groups is 1. The van der Waals surface area contributed by atoms with E-state index in [0.29, 0.717) is 0 Å². The summed E-state index contributed by atoms with van der Waals surface area (Å²) in [6.45, 7) is 7.28. The molecule has 2 rings (SSSR count). The number of aryl methyl sites for hydroxylation is 1.